The number of rotatable bonds is 2. The predicted octanol–water partition coefficient (Wildman–Crippen LogP) is 1.90. The van der Waals surface area contributed by atoms with E-state index in [1.807, 2.05) is 20.8 Å². The number of carbonyl (C=O) groups is 2. The van der Waals surface area contributed by atoms with Crippen molar-refractivity contribution in [1.82, 2.24) is 4.90 Å². The van der Waals surface area contributed by atoms with Gasteiger partial charge in [-0.05, 0) is 33.6 Å². The van der Waals surface area contributed by atoms with Crippen LogP contribution in [0.4, 0.5) is 0 Å². The highest BCUT2D eigenvalue weighted by atomic mass is 16.5. The van der Waals surface area contributed by atoms with Gasteiger partial charge in [-0.25, -0.2) is 0 Å². The van der Waals surface area contributed by atoms with Gasteiger partial charge in [0.05, 0.1) is 23.5 Å². The zero-order chi connectivity index (χ0) is 14.9. The summed E-state index contributed by atoms with van der Waals surface area (Å²) in [5.74, 6) is -1.70. The van der Waals surface area contributed by atoms with E-state index in [0.29, 0.717) is 25.9 Å². The number of hydrogen-bond acceptors (Lipinski definition) is 3. The smallest absolute Gasteiger partial charge is 0.307 e. The molecule has 0 aromatic rings. The minimum absolute atomic E-state index is 0.000301. The van der Waals surface area contributed by atoms with Crippen LogP contribution in [0.2, 0.25) is 0 Å². The molecule has 114 valence electrons. The van der Waals surface area contributed by atoms with E-state index < -0.39 is 11.9 Å². The van der Waals surface area contributed by atoms with Gasteiger partial charge in [0.15, 0.2) is 0 Å². The Morgan fingerprint density at radius 1 is 1.20 bits per heavy atom. The second kappa shape index (κ2) is 5.72. The maximum atomic E-state index is 12.7. The molecule has 20 heavy (non-hydrogen) atoms. The number of ether oxygens (including phenoxy) is 1. The quantitative estimate of drug-likeness (QED) is 0.840. The van der Waals surface area contributed by atoms with E-state index in [9.17, 15) is 14.7 Å². The van der Waals surface area contributed by atoms with Crippen molar-refractivity contribution in [2.24, 2.45) is 11.8 Å². The van der Waals surface area contributed by atoms with Crippen LogP contribution in [0.1, 0.15) is 46.5 Å². The SMILES string of the molecule is CC1CN(C(=O)[C@@H]2CCCC[C@@H]2C(=O)O)CC(C)(C)O1. The average molecular weight is 283 g/mol. The van der Waals surface area contributed by atoms with Crippen molar-refractivity contribution in [3.8, 4) is 0 Å². The van der Waals surface area contributed by atoms with E-state index in [4.69, 9.17) is 4.74 Å². The number of aliphatic carboxylic acids is 1. The van der Waals surface area contributed by atoms with E-state index in [1.54, 1.807) is 4.90 Å². The fraction of sp³-hybridized carbons (Fsp3) is 0.867. The number of carboxylic acids is 1. The lowest BCUT2D eigenvalue weighted by molar-refractivity contribution is -0.167. The molecule has 2 rings (SSSR count). The summed E-state index contributed by atoms with van der Waals surface area (Å²) in [5, 5.41) is 9.32. The summed E-state index contributed by atoms with van der Waals surface area (Å²) >= 11 is 0. The zero-order valence-corrected chi connectivity index (χ0v) is 12.6. The molecule has 1 N–H and O–H groups in total. The molecule has 2 aliphatic rings. The van der Waals surface area contributed by atoms with Gasteiger partial charge in [0, 0.05) is 13.1 Å². The third kappa shape index (κ3) is 3.32. The normalized spacial score (nSPS) is 33.8. The van der Waals surface area contributed by atoms with Gasteiger partial charge in [0.1, 0.15) is 0 Å². The molecule has 1 amide bonds. The van der Waals surface area contributed by atoms with Crippen molar-refractivity contribution in [2.45, 2.75) is 58.2 Å². The van der Waals surface area contributed by atoms with Crippen molar-refractivity contribution in [1.29, 1.82) is 0 Å². The van der Waals surface area contributed by atoms with Crippen LogP contribution in [0.5, 0.6) is 0 Å². The molecule has 1 saturated carbocycles. The van der Waals surface area contributed by atoms with Crippen LogP contribution >= 0.6 is 0 Å². The molecule has 5 nitrogen and oxygen atoms in total. The fourth-order valence-electron chi connectivity index (χ4n) is 3.58. The first kappa shape index (κ1) is 15.3. The van der Waals surface area contributed by atoms with Crippen LogP contribution in [0, 0.1) is 11.8 Å². The summed E-state index contributed by atoms with van der Waals surface area (Å²) in [5.41, 5.74) is -0.360. The highest BCUT2D eigenvalue weighted by Crippen LogP contribution is 2.33. The number of amides is 1. The number of hydrogen-bond donors (Lipinski definition) is 1. The Morgan fingerprint density at radius 2 is 1.80 bits per heavy atom. The molecule has 1 saturated heterocycles. The maximum absolute atomic E-state index is 12.7. The topological polar surface area (TPSA) is 66.8 Å². The summed E-state index contributed by atoms with van der Waals surface area (Å²) < 4.78 is 5.81. The first-order valence-electron chi connectivity index (χ1n) is 7.49. The number of carbonyl (C=O) groups excluding carboxylic acids is 1. The Labute approximate surface area is 120 Å². The summed E-state index contributed by atoms with van der Waals surface area (Å²) in [7, 11) is 0. The molecule has 0 spiro atoms. The first-order chi connectivity index (χ1) is 9.30. The van der Waals surface area contributed by atoms with Gasteiger partial charge in [-0.2, -0.15) is 0 Å². The molecule has 0 aromatic heterocycles. The van der Waals surface area contributed by atoms with E-state index in [1.165, 1.54) is 0 Å². The summed E-state index contributed by atoms with van der Waals surface area (Å²) in [6.07, 6.45) is 3.17. The van der Waals surface area contributed by atoms with Crippen molar-refractivity contribution in [3.63, 3.8) is 0 Å². The van der Waals surface area contributed by atoms with Crippen molar-refractivity contribution < 1.29 is 19.4 Å². The third-order valence-electron chi connectivity index (χ3n) is 4.28. The summed E-state index contributed by atoms with van der Waals surface area (Å²) in [6.45, 7) is 7.00. The highest BCUT2D eigenvalue weighted by Gasteiger charge is 2.41. The lowest BCUT2D eigenvalue weighted by Crippen LogP contribution is -2.56. The lowest BCUT2D eigenvalue weighted by atomic mass is 9.78. The van der Waals surface area contributed by atoms with Gasteiger partial charge in [0.25, 0.3) is 0 Å². The molecule has 1 aliphatic carbocycles. The molecule has 1 heterocycles. The highest BCUT2D eigenvalue weighted by molar-refractivity contribution is 5.85. The maximum Gasteiger partial charge on any atom is 0.307 e. The van der Waals surface area contributed by atoms with E-state index in [-0.39, 0.29) is 23.5 Å². The molecule has 0 aromatic carbocycles. The predicted molar refractivity (Wildman–Crippen MR) is 74.3 cm³/mol. The molecule has 3 atom stereocenters. The van der Waals surface area contributed by atoms with Crippen molar-refractivity contribution >= 4 is 11.9 Å². The second-order valence-electron chi connectivity index (χ2n) is 6.74. The van der Waals surface area contributed by atoms with Gasteiger partial charge in [-0.15, -0.1) is 0 Å². The van der Waals surface area contributed by atoms with Gasteiger partial charge in [-0.3, -0.25) is 9.59 Å². The Morgan fingerprint density at radius 3 is 2.35 bits per heavy atom. The molecule has 5 heteroatoms. The summed E-state index contributed by atoms with van der Waals surface area (Å²) in [6, 6.07) is 0. The van der Waals surface area contributed by atoms with Gasteiger partial charge < -0.3 is 14.7 Å². The molecule has 1 aliphatic heterocycles. The molecule has 0 radical (unpaired) electrons. The number of carboxylic acid groups (broad SMARTS) is 1. The standard InChI is InChI=1S/C15H25NO4/c1-10-8-16(9-15(2,3)20-10)13(17)11-6-4-5-7-12(11)14(18)19/h10-12H,4-9H2,1-3H3,(H,18,19)/t10?,11-,12+/m1/s1. The van der Waals surface area contributed by atoms with Gasteiger partial charge in [-0.1, -0.05) is 12.8 Å². The van der Waals surface area contributed by atoms with Crippen molar-refractivity contribution in [3.05, 3.63) is 0 Å². The van der Waals surface area contributed by atoms with Crippen LogP contribution in [0.3, 0.4) is 0 Å². The molecule has 1 unspecified atom stereocenters. The molecule has 2 fully saturated rings. The summed E-state index contributed by atoms with van der Waals surface area (Å²) in [4.78, 5) is 25.9. The lowest BCUT2D eigenvalue weighted by Gasteiger charge is -2.43. The van der Waals surface area contributed by atoms with Crippen LogP contribution < -0.4 is 0 Å². The minimum Gasteiger partial charge on any atom is -0.481 e. The fourth-order valence-corrected chi connectivity index (χ4v) is 3.58. The van der Waals surface area contributed by atoms with E-state index in [0.717, 1.165) is 12.8 Å². The number of morpholine rings is 1. The Bertz CT molecular complexity index is 393. The third-order valence-corrected chi connectivity index (χ3v) is 4.28. The zero-order valence-electron chi connectivity index (χ0n) is 12.6. The largest absolute Gasteiger partial charge is 0.481 e. The monoisotopic (exact) mass is 283 g/mol. The van der Waals surface area contributed by atoms with Crippen LogP contribution in [-0.2, 0) is 14.3 Å². The van der Waals surface area contributed by atoms with Gasteiger partial charge in [0.2, 0.25) is 5.91 Å². The molecular formula is C15H25NO4. The van der Waals surface area contributed by atoms with Crippen LogP contribution in [0.15, 0.2) is 0 Å². The Balaban J connectivity index is 2.10. The minimum atomic E-state index is -0.830. The average Bonchev–Trinajstić information content (AvgIpc) is 2.35. The molecular weight excluding hydrogens is 258 g/mol. The van der Waals surface area contributed by atoms with Crippen LogP contribution in [-0.4, -0.2) is 46.7 Å². The first-order valence-corrected chi connectivity index (χ1v) is 7.49. The van der Waals surface area contributed by atoms with Gasteiger partial charge >= 0.3 is 5.97 Å². The second-order valence-corrected chi connectivity index (χ2v) is 6.74. The Kier molecular flexibility index (Phi) is 4.37. The Hall–Kier alpha value is -1.10. The van der Waals surface area contributed by atoms with E-state index >= 15 is 0 Å². The molecule has 0 bridgehead atoms. The van der Waals surface area contributed by atoms with Crippen LogP contribution in [0.25, 0.3) is 0 Å². The van der Waals surface area contributed by atoms with Crippen molar-refractivity contribution in [2.75, 3.05) is 13.1 Å². The van der Waals surface area contributed by atoms with E-state index in [2.05, 4.69) is 0 Å². The number of nitrogens with zero attached hydrogens (tertiary/aromatic N) is 1.